The van der Waals surface area contributed by atoms with Crippen molar-refractivity contribution in [3.63, 3.8) is 0 Å². The van der Waals surface area contributed by atoms with Gasteiger partial charge >= 0.3 is 0 Å². The van der Waals surface area contributed by atoms with Crippen LogP contribution in [0.15, 0.2) is 54.6 Å². The molecule has 0 aliphatic carbocycles. The van der Waals surface area contributed by atoms with E-state index in [0.717, 1.165) is 5.69 Å². The van der Waals surface area contributed by atoms with Crippen molar-refractivity contribution in [2.24, 2.45) is 0 Å². The second kappa shape index (κ2) is 5.51. The van der Waals surface area contributed by atoms with E-state index in [-0.39, 0.29) is 6.04 Å². The lowest BCUT2D eigenvalue weighted by atomic mass is 9.98. The monoisotopic (exact) mass is 226 g/mol. The second-order valence-corrected chi connectivity index (χ2v) is 4.01. The van der Waals surface area contributed by atoms with E-state index in [0.29, 0.717) is 0 Å². The molecule has 0 radical (unpaired) electrons. The molecule has 0 amide bonds. The van der Waals surface area contributed by atoms with Gasteiger partial charge in [0, 0.05) is 12.7 Å². The summed E-state index contributed by atoms with van der Waals surface area (Å²) in [5, 5.41) is 6.53. The van der Waals surface area contributed by atoms with Gasteiger partial charge in [0.15, 0.2) is 0 Å². The molecule has 2 N–H and O–H groups in total. The summed E-state index contributed by atoms with van der Waals surface area (Å²) in [6.45, 7) is 0. The SMILES string of the molecule is CNc1cccc(C(NC)c2ccccc2)c1. The van der Waals surface area contributed by atoms with Gasteiger partial charge < -0.3 is 10.6 Å². The Bertz CT molecular complexity index is 465. The Morgan fingerprint density at radius 1 is 0.824 bits per heavy atom. The van der Waals surface area contributed by atoms with Crippen LogP contribution in [0.2, 0.25) is 0 Å². The molecule has 0 spiro atoms. The topological polar surface area (TPSA) is 24.1 Å². The summed E-state index contributed by atoms with van der Waals surface area (Å²) in [4.78, 5) is 0. The highest BCUT2D eigenvalue weighted by Crippen LogP contribution is 2.23. The van der Waals surface area contributed by atoms with Gasteiger partial charge in [-0.2, -0.15) is 0 Å². The van der Waals surface area contributed by atoms with Crippen LogP contribution in [0.3, 0.4) is 0 Å². The van der Waals surface area contributed by atoms with E-state index >= 15 is 0 Å². The van der Waals surface area contributed by atoms with Crippen LogP contribution in [0.25, 0.3) is 0 Å². The molecule has 2 aromatic carbocycles. The molecule has 1 atom stereocenters. The van der Waals surface area contributed by atoms with Gasteiger partial charge in [0.25, 0.3) is 0 Å². The van der Waals surface area contributed by atoms with Crippen molar-refractivity contribution in [1.82, 2.24) is 5.32 Å². The van der Waals surface area contributed by atoms with Crippen LogP contribution < -0.4 is 10.6 Å². The van der Waals surface area contributed by atoms with E-state index in [1.165, 1.54) is 11.1 Å². The van der Waals surface area contributed by atoms with Crippen LogP contribution in [-0.2, 0) is 0 Å². The highest BCUT2D eigenvalue weighted by atomic mass is 14.9. The quantitative estimate of drug-likeness (QED) is 0.837. The fourth-order valence-electron chi connectivity index (χ4n) is 2.05. The first-order chi connectivity index (χ1) is 8.35. The number of hydrogen-bond acceptors (Lipinski definition) is 2. The van der Waals surface area contributed by atoms with Gasteiger partial charge in [-0.25, -0.2) is 0 Å². The Morgan fingerprint density at radius 3 is 2.18 bits per heavy atom. The Hall–Kier alpha value is -1.80. The Balaban J connectivity index is 2.35. The van der Waals surface area contributed by atoms with Crippen molar-refractivity contribution in [3.8, 4) is 0 Å². The molecular weight excluding hydrogens is 208 g/mol. The first-order valence-corrected chi connectivity index (χ1v) is 5.85. The number of rotatable bonds is 4. The van der Waals surface area contributed by atoms with Crippen molar-refractivity contribution in [1.29, 1.82) is 0 Å². The Labute approximate surface area is 103 Å². The maximum Gasteiger partial charge on any atom is 0.0575 e. The summed E-state index contributed by atoms with van der Waals surface area (Å²) in [7, 11) is 3.93. The zero-order valence-corrected chi connectivity index (χ0v) is 10.3. The minimum absolute atomic E-state index is 0.240. The Kier molecular flexibility index (Phi) is 3.78. The molecule has 2 heteroatoms. The fourth-order valence-corrected chi connectivity index (χ4v) is 2.05. The van der Waals surface area contributed by atoms with E-state index in [4.69, 9.17) is 0 Å². The first-order valence-electron chi connectivity index (χ1n) is 5.85. The second-order valence-electron chi connectivity index (χ2n) is 4.01. The van der Waals surface area contributed by atoms with Crippen LogP contribution in [0, 0.1) is 0 Å². The molecule has 0 saturated carbocycles. The molecule has 2 aromatic rings. The molecule has 88 valence electrons. The highest BCUT2D eigenvalue weighted by Gasteiger charge is 2.11. The van der Waals surface area contributed by atoms with Gasteiger partial charge in [0.2, 0.25) is 0 Å². The van der Waals surface area contributed by atoms with Gasteiger partial charge in [-0.15, -0.1) is 0 Å². The van der Waals surface area contributed by atoms with E-state index in [9.17, 15) is 0 Å². The number of benzene rings is 2. The molecule has 17 heavy (non-hydrogen) atoms. The summed E-state index contributed by atoms with van der Waals surface area (Å²) in [6, 6.07) is 19.2. The van der Waals surface area contributed by atoms with Gasteiger partial charge in [-0.05, 0) is 30.3 Å². The molecular formula is C15H18N2. The average Bonchev–Trinajstić information content (AvgIpc) is 2.41. The molecule has 1 unspecified atom stereocenters. The summed E-state index contributed by atoms with van der Waals surface area (Å²) in [6.07, 6.45) is 0. The predicted octanol–water partition coefficient (Wildman–Crippen LogP) is 3.04. The van der Waals surface area contributed by atoms with E-state index in [1.54, 1.807) is 0 Å². The fraction of sp³-hybridized carbons (Fsp3) is 0.200. The first kappa shape index (κ1) is 11.7. The van der Waals surface area contributed by atoms with E-state index in [2.05, 4.69) is 59.2 Å². The van der Waals surface area contributed by atoms with Crippen LogP contribution in [0.1, 0.15) is 17.2 Å². The van der Waals surface area contributed by atoms with Crippen LogP contribution in [0.5, 0.6) is 0 Å². The molecule has 2 rings (SSSR count). The van der Waals surface area contributed by atoms with Gasteiger partial charge in [0.05, 0.1) is 6.04 Å². The van der Waals surface area contributed by atoms with E-state index < -0.39 is 0 Å². The molecule has 0 aliphatic heterocycles. The van der Waals surface area contributed by atoms with Gasteiger partial charge in [0.1, 0.15) is 0 Å². The molecule has 2 nitrogen and oxygen atoms in total. The maximum absolute atomic E-state index is 3.36. The maximum atomic E-state index is 3.36. The minimum atomic E-state index is 0.240. The lowest BCUT2D eigenvalue weighted by Gasteiger charge is -2.18. The van der Waals surface area contributed by atoms with Gasteiger partial charge in [-0.1, -0.05) is 42.5 Å². The summed E-state index contributed by atoms with van der Waals surface area (Å²) < 4.78 is 0. The molecule has 0 heterocycles. The number of nitrogens with one attached hydrogen (secondary N) is 2. The van der Waals surface area contributed by atoms with Gasteiger partial charge in [-0.3, -0.25) is 0 Å². The minimum Gasteiger partial charge on any atom is -0.388 e. The highest BCUT2D eigenvalue weighted by molar-refractivity contribution is 5.47. The number of hydrogen-bond donors (Lipinski definition) is 2. The third kappa shape index (κ3) is 2.66. The van der Waals surface area contributed by atoms with Crippen LogP contribution in [0.4, 0.5) is 5.69 Å². The lowest BCUT2D eigenvalue weighted by Crippen LogP contribution is -2.17. The van der Waals surface area contributed by atoms with Crippen LogP contribution in [-0.4, -0.2) is 14.1 Å². The van der Waals surface area contributed by atoms with Crippen molar-refractivity contribution >= 4 is 5.69 Å². The number of anilines is 1. The van der Waals surface area contributed by atoms with Crippen LogP contribution >= 0.6 is 0 Å². The third-order valence-electron chi connectivity index (χ3n) is 2.93. The molecule has 0 aliphatic rings. The van der Waals surface area contributed by atoms with Crippen molar-refractivity contribution in [2.75, 3.05) is 19.4 Å². The average molecular weight is 226 g/mol. The van der Waals surface area contributed by atoms with Crippen molar-refractivity contribution in [2.45, 2.75) is 6.04 Å². The summed E-state index contributed by atoms with van der Waals surface area (Å²) >= 11 is 0. The predicted molar refractivity (Wildman–Crippen MR) is 73.3 cm³/mol. The largest absolute Gasteiger partial charge is 0.388 e. The molecule has 0 aromatic heterocycles. The Morgan fingerprint density at radius 2 is 1.53 bits per heavy atom. The normalized spacial score (nSPS) is 12.1. The molecule has 0 saturated heterocycles. The smallest absolute Gasteiger partial charge is 0.0575 e. The summed E-state index contributed by atoms with van der Waals surface area (Å²) in [5.74, 6) is 0. The van der Waals surface area contributed by atoms with Crippen molar-refractivity contribution in [3.05, 3.63) is 65.7 Å². The zero-order valence-electron chi connectivity index (χ0n) is 10.3. The van der Waals surface area contributed by atoms with Crippen molar-refractivity contribution < 1.29 is 0 Å². The molecule has 0 fully saturated rings. The lowest BCUT2D eigenvalue weighted by molar-refractivity contribution is 0.692. The standard InChI is InChI=1S/C15H18N2/c1-16-14-10-6-9-13(11-14)15(17-2)12-7-4-3-5-8-12/h3-11,15-17H,1-2H3. The zero-order chi connectivity index (χ0) is 12.1. The summed E-state index contributed by atoms with van der Waals surface area (Å²) in [5.41, 5.74) is 3.69. The third-order valence-corrected chi connectivity index (χ3v) is 2.93. The van der Waals surface area contributed by atoms with E-state index in [1.807, 2.05) is 20.2 Å². The molecule has 0 bridgehead atoms.